The predicted molar refractivity (Wildman–Crippen MR) is 90.5 cm³/mol. The van der Waals surface area contributed by atoms with Gasteiger partial charge in [0.1, 0.15) is 0 Å². The molecule has 0 unspecified atom stereocenters. The van der Waals surface area contributed by atoms with E-state index in [4.69, 9.17) is 10.5 Å². The van der Waals surface area contributed by atoms with Crippen molar-refractivity contribution >= 4 is 24.2 Å². The number of ether oxygens (including phenoxy) is 1. The summed E-state index contributed by atoms with van der Waals surface area (Å²) in [4.78, 5) is 23.0. The van der Waals surface area contributed by atoms with E-state index in [0.717, 1.165) is 12.8 Å². The Balaban J connectivity index is 0.00000264. The largest absolute Gasteiger partial charge is 0.381 e. The molecule has 1 aliphatic rings. The molecule has 1 fully saturated rings. The quantitative estimate of drug-likeness (QED) is 0.696. The average molecular weight is 342 g/mol. The summed E-state index contributed by atoms with van der Waals surface area (Å²) in [7, 11) is 0. The summed E-state index contributed by atoms with van der Waals surface area (Å²) in [6.07, 6.45) is 1.74. The Morgan fingerprint density at radius 3 is 2.35 bits per heavy atom. The summed E-state index contributed by atoms with van der Waals surface area (Å²) in [6.45, 7) is 1.76. The van der Waals surface area contributed by atoms with Gasteiger partial charge in [0.15, 0.2) is 0 Å². The molecular formula is C16H24ClN3O3. The first-order valence-corrected chi connectivity index (χ1v) is 7.53. The fourth-order valence-corrected chi connectivity index (χ4v) is 2.70. The van der Waals surface area contributed by atoms with Crippen LogP contribution < -0.4 is 16.4 Å². The molecule has 0 atom stereocenters. The predicted octanol–water partition coefficient (Wildman–Crippen LogP) is 0.348. The van der Waals surface area contributed by atoms with E-state index in [1.807, 2.05) is 18.2 Å². The van der Waals surface area contributed by atoms with Crippen LogP contribution in [0.4, 0.5) is 0 Å². The van der Waals surface area contributed by atoms with Crippen LogP contribution in [0.3, 0.4) is 0 Å². The number of benzene rings is 1. The van der Waals surface area contributed by atoms with Crippen LogP contribution in [-0.4, -0.2) is 44.7 Å². The van der Waals surface area contributed by atoms with Gasteiger partial charge < -0.3 is 21.1 Å². The monoisotopic (exact) mass is 341 g/mol. The number of hydrogen-bond donors (Lipinski definition) is 3. The van der Waals surface area contributed by atoms with Crippen molar-refractivity contribution in [1.82, 2.24) is 10.6 Å². The molecular weight excluding hydrogens is 318 g/mol. The van der Waals surface area contributed by atoms with Gasteiger partial charge >= 0.3 is 0 Å². The molecule has 0 saturated carbocycles. The number of amides is 2. The van der Waals surface area contributed by atoms with Gasteiger partial charge in [-0.15, -0.1) is 12.4 Å². The minimum Gasteiger partial charge on any atom is -0.381 e. The number of carbonyl (C=O) groups is 2. The van der Waals surface area contributed by atoms with Gasteiger partial charge in [0.2, 0.25) is 11.8 Å². The summed E-state index contributed by atoms with van der Waals surface area (Å²) < 4.78 is 5.46. The van der Waals surface area contributed by atoms with E-state index in [2.05, 4.69) is 22.8 Å². The highest BCUT2D eigenvalue weighted by molar-refractivity contribution is 5.85. The minimum absolute atomic E-state index is 0. The second kappa shape index (κ2) is 9.50. The summed E-state index contributed by atoms with van der Waals surface area (Å²) >= 11 is 0. The van der Waals surface area contributed by atoms with Gasteiger partial charge in [-0.05, 0) is 18.4 Å². The Bertz CT molecular complexity index is 505. The molecule has 0 aromatic heterocycles. The van der Waals surface area contributed by atoms with Crippen LogP contribution in [0.25, 0.3) is 0 Å². The summed E-state index contributed by atoms with van der Waals surface area (Å²) in [5, 5.41) is 5.39. The lowest BCUT2D eigenvalue weighted by molar-refractivity contribution is -0.125. The van der Waals surface area contributed by atoms with Gasteiger partial charge in [-0.25, -0.2) is 0 Å². The molecule has 2 rings (SSSR count). The molecule has 1 heterocycles. The number of nitrogens with one attached hydrogen (secondary N) is 2. The molecule has 0 aliphatic carbocycles. The van der Waals surface area contributed by atoms with Gasteiger partial charge in [-0.3, -0.25) is 9.59 Å². The first kappa shape index (κ1) is 19.4. The topological polar surface area (TPSA) is 93.5 Å². The number of halogens is 1. The maximum atomic E-state index is 11.9. The van der Waals surface area contributed by atoms with E-state index in [0.29, 0.717) is 19.8 Å². The number of hydrogen-bond acceptors (Lipinski definition) is 4. The van der Waals surface area contributed by atoms with Gasteiger partial charge in [-0.1, -0.05) is 30.3 Å². The number of rotatable bonds is 6. The molecule has 0 bridgehead atoms. The number of carbonyl (C=O) groups excluding carboxylic acids is 2. The normalized spacial score (nSPS) is 16.0. The molecule has 23 heavy (non-hydrogen) atoms. The van der Waals surface area contributed by atoms with Crippen LogP contribution in [-0.2, 0) is 19.7 Å². The third-order valence-corrected chi connectivity index (χ3v) is 4.09. The lowest BCUT2D eigenvalue weighted by Gasteiger charge is -2.38. The summed E-state index contributed by atoms with van der Waals surface area (Å²) in [5.41, 5.74) is 6.30. The van der Waals surface area contributed by atoms with Crippen molar-refractivity contribution in [2.24, 2.45) is 5.73 Å². The van der Waals surface area contributed by atoms with E-state index < -0.39 is 0 Å². The molecule has 4 N–H and O–H groups in total. The second-order valence-corrected chi connectivity index (χ2v) is 5.52. The molecule has 1 aromatic carbocycles. The molecule has 6 nitrogen and oxygen atoms in total. The average Bonchev–Trinajstić information content (AvgIpc) is 2.59. The van der Waals surface area contributed by atoms with Crippen LogP contribution in [0.2, 0.25) is 0 Å². The SMILES string of the molecule is Cl.NCC(=O)NCC(=O)NCC1(c2ccccc2)CCOCC1. The lowest BCUT2D eigenvalue weighted by atomic mass is 9.74. The Kier molecular flexibility index (Phi) is 8.02. The summed E-state index contributed by atoms with van der Waals surface area (Å²) in [6, 6.07) is 10.2. The van der Waals surface area contributed by atoms with Crippen molar-refractivity contribution in [3.8, 4) is 0 Å². The molecule has 1 aliphatic heterocycles. The zero-order chi connectivity index (χ0) is 15.8. The molecule has 1 saturated heterocycles. The van der Waals surface area contributed by atoms with Crippen LogP contribution in [0.5, 0.6) is 0 Å². The minimum atomic E-state index is -0.334. The van der Waals surface area contributed by atoms with Crippen molar-refractivity contribution in [3.63, 3.8) is 0 Å². The first-order valence-electron chi connectivity index (χ1n) is 7.53. The van der Waals surface area contributed by atoms with E-state index >= 15 is 0 Å². The Morgan fingerprint density at radius 2 is 1.74 bits per heavy atom. The van der Waals surface area contributed by atoms with Crippen LogP contribution in [0, 0.1) is 0 Å². The van der Waals surface area contributed by atoms with Crippen molar-refractivity contribution in [2.75, 3.05) is 32.8 Å². The first-order chi connectivity index (χ1) is 10.7. The van der Waals surface area contributed by atoms with Crippen molar-refractivity contribution in [1.29, 1.82) is 0 Å². The summed E-state index contributed by atoms with van der Waals surface area (Å²) in [5.74, 6) is -0.539. The van der Waals surface area contributed by atoms with Crippen LogP contribution in [0.1, 0.15) is 18.4 Å². The van der Waals surface area contributed by atoms with E-state index in [1.54, 1.807) is 0 Å². The van der Waals surface area contributed by atoms with Crippen molar-refractivity contribution in [3.05, 3.63) is 35.9 Å². The van der Waals surface area contributed by atoms with Gasteiger partial charge in [0.05, 0.1) is 13.1 Å². The highest BCUT2D eigenvalue weighted by atomic mass is 35.5. The second-order valence-electron chi connectivity index (χ2n) is 5.52. The Morgan fingerprint density at radius 1 is 1.09 bits per heavy atom. The number of nitrogens with two attached hydrogens (primary N) is 1. The zero-order valence-electron chi connectivity index (χ0n) is 13.0. The highest BCUT2D eigenvalue weighted by Gasteiger charge is 2.34. The van der Waals surface area contributed by atoms with E-state index in [-0.39, 0.29) is 42.7 Å². The fourth-order valence-electron chi connectivity index (χ4n) is 2.70. The Labute approximate surface area is 142 Å². The van der Waals surface area contributed by atoms with Crippen LogP contribution >= 0.6 is 12.4 Å². The zero-order valence-corrected chi connectivity index (χ0v) is 13.9. The van der Waals surface area contributed by atoms with E-state index in [1.165, 1.54) is 5.56 Å². The molecule has 1 aromatic rings. The highest BCUT2D eigenvalue weighted by Crippen LogP contribution is 2.34. The smallest absolute Gasteiger partial charge is 0.239 e. The maximum absolute atomic E-state index is 11.9. The van der Waals surface area contributed by atoms with Crippen molar-refractivity contribution in [2.45, 2.75) is 18.3 Å². The van der Waals surface area contributed by atoms with Crippen LogP contribution in [0.15, 0.2) is 30.3 Å². The fraction of sp³-hybridized carbons (Fsp3) is 0.500. The van der Waals surface area contributed by atoms with E-state index in [9.17, 15) is 9.59 Å². The molecule has 0 radical (unpaired) electrons. The third kappa shape index (κ3) is 5.49. The van der Waals surface area contributed by atoms with Gasteiger partial charge in [-0.2, -0.15) is 0 Å². The van der Waals surface area contributed by atoms with Crippen molar-refractivity contribution < 1.29 is 14.3 Å². The van der Waals surface area contributed by atoms with Gasteiger partial charge in [0.25, 0.3) is 0 Å². The molecule has 0 spiro atoms. The lowest BCUT2D eigenvalue weighted by Crippen LogP contribution is -2.47. The maximum Gasteiger partial charge on any atom is 0.239 e. The Hall–Kier alpha value is -1.63. The van der Waals surface area contributed by atoms with Gasteiger partial charge in [0, 0.05) is 25.2 Å². The molecule has 7 heteroatoms. The third-order valence-electron chi connectivity index (χ3n) is 4.09. The molecule has 128 valence electrons. The standard InChI is InChI=1S/C16H23N3O3.ClH/c17-10-14(20)18-11-15(21)19-12-16(6-8-22-9-7-16)13-4-2-1-3-5-13;/h1-5H,6-12,17H2,(H,18,20)(H,19,21);1H. The molecule has 2 amide bonds.